The second-order valence-electron chi connectivity index (χ2n) is 3.93. The molecular formula is C13H18FNO2S. The minimum atomic E-state index is -0.486. The van der Waals surface area contributed by atoms with Crippen LogP contribution >= 0.6 is 11.8 Å². The van der Waals surface area contributed by atoms with Gasteiger partial charge in [-0.15, -0.1) is 0 Å². The number of amides is 1. The van der Waals surface area contributed by atoms with Crippen LogP contribution in [-0.2, 0) is 0 Å². The van der Waals surface area contributed by atoms with Gasteiger partial charge in [0.1, 0.15) is 5.82 Å². The van der Waals surface area contributed by atoms with Crippen molar-refractivity contribution in [1.82, 2.24) is 5.32 Å². The predicted molar refractivity (Wildman–Crippen MR) is 72.5 cm³/mol. The normalized spacial score (nSPS) is 10.4. The van der Waals surface area contributed by atoms with Crippen molar-refractivity contribution in [2.24, 2.45) is 0 Å². The molecule has 0 bridgehead atoms. The monoisotopic (exact) mass is 271 g/mol. The Morgan fingerprint density at radius 3 is 2.89 bits per heavy atom. The van der Waals surface area contributed by atoms with Crippen LogP contribution in [0, 0.1) is 12.7 Å². The average molecular weight is 271 g/mol. The molecule has 5 heteroatoms. The number of carbonyl (C=O) groups excluding carboxylic acids is 1. The van der Waals surface area contributed by atoms with Crippen molar-refractivity contribution < 1.29 is 14.3 Å². The van der Waals surface area contributed by atoms with Crippen LogP contribution in [0.25, 0.3) is 0 Å². The highest BCUT2D eigenvalue weighted by atomic mass is 32.2. The predicted octanol–water partition coefficient (Wildman–Crippen LogP) is 1.98. The number of rotatable bonds is 7. The molecule has 0 saturated heterocycles. The van der Waals surface area contributed by atoms with Gasteiger partial charge in [0.25, 0.3) is 5.91 Å². The van der Waals surface area contributed by atoms with Crippen molar-refractivity contribution in [3.05, 3.63) is 35.1 Å². The van der Waals surface area contributed by atoms with E-state index in [4.69, 9.17) is 5.11 Å². The summed E-state index contributed by atoms with van der Waals surface area (Å²) in [4.78, 5) is 11.7. The van der Waals surface area contributed by atoms with Crippen molar-refractivity contribution in [3.63, 3.8) is 0 Å². The van der Waals surface area contributed by atoms with E-state index in [0.29, 0.717) is 6.54 Å². The molecule has 0 fully saturated rings. The van der Waals surface area contributed by atoms with Gasteiger partial charge in [-0.1, -0.05) is 6.07 Å². The Hall–Kier alpha value is -1.07. The van der Waals surface area contributed by atoms with E-state index in [0.717, 1.165) is 23.5 Å². The SMILES string of the molecule is Cc1ccc(C(=O)NCCSCCCO)c(F)c1. The molecule has 1 aromatic carbocycles. The number of hydrogen-bond donors (Lipinski definition) is 2. The number of carbonyl (C=O) groups is 1. The third kappa shape index (κ3) is 5.06. The fraction of sp³-hybridized carbons (Fsp3) is 0.462. The van der Waals surface area contributed by atoms with Crippen molar-refractivity contribution >= 4 is 17.7 Å². The molecule has 1 aromatic rings. The number of thioether (sulfide) groups is 1. The molecule has 0 heterocycles. The van der Waals surface area contributed by atoms with Crippen molar-refractivity contribution in [1.29, 1.82) is 0 Å². The zero-order valence-electron chi connectivity index (χ0n) is 10.4. The van der Waals surface area contributed by atoms with Gasteiger partial charge >= 0.3 is 0 Å². The molecule has 0 radical (unpaired) electrons. The van der Waals surface area contributed by atoms with Gasteiger partial charge in [-0.05, 0) is 36.8 Å². The Bertz CT molecular complexity index is 399. The van der Waals surface area contributed by atoms with Gasteiger partial charge in [0.05, 0.1) is 5.56 Å². The first kappa shape index (κ1) is 15.0. The fourth-order valence-electron chi connectivity index (χ4n) is 1.40. The maximum absolute atomic E-state index is 13.5. The van der Waals surface area contributed by atoms with Crippen LogP contribution in [0.1, 0.15) is 22.3 Å². The molecule has 2 N–H and O–H groups in total. The van der Waals surface area contributed by atoms with Crippen molar-refractivity contribution in [2.45, 2.75) is 13.3 Å². The Morgan fingerprint density at radius 1 is 1.44 bits per heavy atom. The maximum atomic E-state index is 13.5. The van der Waals surface area contributed by atoms with Crippen molar-refractivity contribution in [3.8, 4) is 0 Å². The lowest BCUT2D eigenvalue weighted by atomic mass is 10.1. The minimum absolute atomic E-state index is 0.0842. The Kier molecular flexibility index (Phi) is 6.75. The summed E-state index contributed by atoms with van der Waals surface area (Å²) in [5, 5.41) is 11.3. The van der Waals surface area contributed by atoms with Crippen LogP contribution in [0.15, 0.2) is 18.2 Å². The van der Waals surface area contributed by atoms with Crippen LogP contribution in [-0.4, -0.2) is 35.7 Å². The summed E-state index contributed by atoms with van der Waals surface area (Å²) in [6, 6.07) is 4.57. The summed E-state index contributed by atoms with van der Waals surface area (Å²) in [5.41, 5.74) is 0.879. The molecular weight excluding hydrogens is 253 g/mol. The highest BCUT2D eigenvalue weighted by Crippen LogP contribution is 2.09. The molecule has 1 amide bonds. The maximum Gasteiger partial charge on any atom is 0.254 e. The van der Waals surface area contributed by atoms with Gasteiger partial charge < -0.3 is 10.4 Å². The zero-order chi connectivity index (χ0) is 13.4. The highest BCUT2D eigenvalue weighted by molar-refractivity contribution is 7.99. The summed E-state index contributed by atoms with van der Waals surface area (Å²) in [6.45, 7) is 2.47. The molecule has 18 heavy (non-hydrogen) atoms. The molecule has 100 valence electrons. The Balaban J connectivity index is 2.32. The van der Waals surface area contributed by atoms with Gasteiger partial charge in [0.2, 0.25) is 0 Å². The minimum Gasteiger partial charge on any atom is -0.396 e. The quantitative estimate of drug-likeness (QED) is 0.746. The molecule has 0 aliphatic carbocycles. The van der Waals surface area contributed by atoms with Crippen LogP contribution in [0.4, 0.5) is 4.39 Å². The van der Waals surface area contributed by atoms with E-state index in [2.05, 4.69) is 5.32 Å². The van der Waals surface area contributed by atoms with E-state index in [1.54, 1.807) is 24.8 Å². The average Bonchev–Trinajstić information content (AvgIpc) is 2.33. The first-order valence-electron chi connectivity index (χ1n) is 5.88. The number of benzene rings is 1. The van der Waals surface area contributed by atoms with E-state index >= 15 is 0 Å². The van der Waals surface area contributed by atoms with Gasteiger partial charge in [0, 0.05) is 18.9 Å². The molecule has 0 atom stereocenters. The number of aliphatic hydroxyl groups is 1. The number of aliphatic hydroxyl groups excluding tert-OH is 1. The topological polar surface area (TPSA) is 49.3 Å². The van der Waals surface area contributed by atoms with Crippen LogP contribution in [0.2, 0.25) is 0 Å². The zero-order valence-corrected chi connectivity index (χ0v) is 11.2. The Labute approximate surface area is 111 Å². The lowest BCUT2D eigenvalue weighted by Gasteiger charge is -2.06. The summed E-state index contributed by atoms with van der Waals surface area (Å²) in [6.07, 6.45) is 0.755. The fourth-order valence-corrected chi connectivity index (χ4v) is 2.19. The third-order valence-corrected chi connectivity index (χ3v) is 3.42. The van der Waals surface area contributed by atoms with E-state index in [1.807, 2.05) is 0 Å². The van der Waals surface area contributed by atoms with Crippen LogP contribution in [0.3, 0.4) is 0 Å². The van der Waals surface area contributed by atoms with E-state index < -0.39 is 5.82 Å². The molecule has 0 aliphatic heterocycles. The molecule has 0 unspecified atom stereocenters. The smallest absolute Gasteiger partial charge is 0.254 e. The van der Waals surface area contributed by atoms with E-state index in [-0.39, 0.29) is 18.1 Å². The first-order valence-corrected chi connectivity index (χ1v) is 7.03. The molecule has 1 rings (SSSR count). The second kappa shape index (κ2) is 8.11. The molecule has 3 nitrogen and oxygen atoms in total. The first-order chi connectivity index (χ1) is 8.65. The molecule has 0 aromatic heterocycles. The molecule has 0 aliphatic rings. The van der Waals surface area contributed by atoms with Gasteiger partial charge in [-0.3, -0.25) is 4.79 Å². The number of halogens is 1. The van der Waals surface area contributed by atoms with Gasteiger partial charge in [0.15, 0.2) is 0 Å². The largest absolute Gasteiger partial charge is 0.396 e. The molecule has 0 spiro atoms. The van der Waals surface area contributed by atoms with Crippen LogP contribution in [0.5, 0.6) is 0 Å². The second-order valence-corrected chi connectivity index (χ2v) is 5.15. The highest BCUT2D eigenvalue weighted by Gasteiger charge is 2.10. The van der Waals surface area contributed by atoms with Crippen LogP contribution < -0.4 is 5.32 Å². The lowest BCUT2D eigenvalue weighted by Crippen LogP contribution is -2.26. The van der Waals surface area contributed by atoms with Gasteiger partial charge in [-0.2, -0.15) is 11.8 Å². The van der Waals surface area contributed by atoms with Crippen molar-refractivity contribution in [2.75, 3.05) is 24.7 Å². The summed E-state index contributed by atoms with van der Waals surface area (Å²) in [5.74, 6) is 0.764. The summed E-state index contributed by atoms with van der Waals surface area (Å²) in [7, 11) is 0. The third-order valence-electron chi connectivity index (χ3n) is 2.35. The molecule has 0 saturated carbocycles. The summed E-state index contributed by atoms with van der Waals surface area (Å²) >= 11 is 1.65. The summed E-state index contributed by atoms with van der Waals surface area (Å²) < 4.78 is 13.5. The number of hydrogen-bond acceptors (Lipinski definition) is 3. The van der Waals surface area contributed by atoms with Gasteiger partial charge in [-0.25, -0.2) is 4.39 Å². The Morgan fingerprint density at radius 2 is 2.22 bits per heavy atom. The standard InChI is InChI=1S/C13H18FNO2S/c1-10-3-4-11(12(14)9-10)13(17)15-5-8-18-7-2-6-16/h3-4,9,16H,2,5-8H2,1H3,(H,15,17). The van der Waals surface area contributed by atoms with E-state index in [1.165, 1.54) is 12.1 Å². The number of aryl methyl sites for hydroxylation is 1. The van der Waals surface area contributed by atoms with E-state index in [9.17, 15) is 9.18 Å². The lowest BCUT2D eigenvalue weighted by molar-refractivity contribution is 0.0952. The number of nitrogens with one attached hydrogen (secondary N) is 1.